The third-order valence-corrected chi connectivity index (χ3v) is 5.96. The molecular weight excluding hydrogens is 320 g/mol. The largest absolute Gasteiger partial charge is 0.337 e. The summed E-state index contributed by atoms with van der Waals surface area (Å²) in [4.78, 5) is 25.8. The lowest BCUT2D eigenvalue weighted by molar-refractivity contribution is 0.0671. The second kappa shape index (κ2) is 6.61. The maximum absolute atomic E-state index is 12.7. The van der Waals surface area contributed by atoms with Gasteiger partial charge in [-0.25, -0.2) is 4.98 Å². The maximum atomic E-state index is 12.7. The van der Waals surface area contributed by atoms with Gasteiger partial charge in [-0.1, -0.05) is 6.07 Å². The van der Waals surface area contributed by atoms with Crippen LogP contribution in [0.15, 0.2) is 36.0 Å². The summed E-state index contributed by atoms with van der Waals surface area (Å²) in [6.45, 7) is 4.85. The van der Waals surface area contributed by atoms with Crippen LogP contribution in [0.4, 0.5) is 0 Å². The molecule has 1 spiro atoms. The molecule has 1 amide bonds. The smallest absolute Gasteiger partial charge is 0.272 e. The molecule has 6 heteroatoms. The average molecular weight is 342 g/mol. The number of nitrogens with zero attached hydrogens (tertiary/aromatic N) is 4. The Hall–Kier alpha value is -1.79. The summed E-state index contributed by atoms with van der Waals surface area (Å²) in [5.74, 6) is 0.0736. The van der Waals surface area contributed by atoms with Gasteiger partial charge < -0.3 is 4.90 Å². The number of carbonyl (C=O) groups is 1. The minimum absolute atomic E-state index is 0.0736. The van der Waals surface area contributed by atoms with Crippen LogP contribution in [0.3, 0.4) is 0 Å². The highest BCUT2D eigenvalue weighted by Crippen LogP contribution is 2.39. The topological polar surface area (TPSA) is 49.3 Å². The normalized spacial score (nSPS) is 24.6. The molecule has 2 saturated heterocycles. The molecule has 4 rings (SSSR count). The predicted octanol–water partition coefficient (Wildman–Crippen LogP) is 2.67. The lowest BCUT2D eigenvalue weighted by atomic mass is 9.79. The Morgan fingerprint density at radius 3 is 2.92 bits per heavy atom. The number of rotatable bonds is 3. The predicted molar refractivity (Wildman–Crippen MR) is 93.8 cm³/mol. The summed E-state index contributed by atoms with van der Waals surface area (Å²) in [6, 6.07) is 5.53. The molecule has 126 valence electrons. The lowest BCUT2D eigenvalue weighted by Crippen LogP contribution is -2.45. The number of aromatic nitrogens is 2. The van der Waals surface area contributed by atoms with Crippen LogP contribution in [-0.4, -0.2) is 51.9 Å². The van der Waals surface area contributed by atoms with E-state index in [1.807, 2.05) is 34.7 Å². The first kappa shape index (κ1) is 15.7. The van der Waals surface area contributed by atoms with Gasteiger partial charge in [0.05, 0.1) is 6.54 Å². The fourth-order valence-electron chi connectivity index (χ4n) is 4.06. The summed E-state index contributed by atoms with van der Waals surface area (Å²) < 4.78 is 0. The fraction of sp³-hybridized carbons (Fsp3) is 0.500. The summed E-state index contributed by atoms with van der Waals surface area (Å²) in [6.07, 6.45) is 7.09. The molecule has 0 bridgehead atoms. The average Bonchev–Trinajstić information content (AvgIpc) is 3.26. The SMILES string of the molecule is O=C(c1ccccn1)N1CC[C@]2(CCCN(Cc3nccs3)C2)C1. The minimum Gasteiger partial charge on any atom is -0.337 e. The molecule has 1 atom stereocenters. The molecule has 0 aliphatic carbocycles. The highest BCUT2D eigenvalue weighted by atomic mass is 32.1. The number of amides is 1. The summed E-state index contributed by atoms with van der Waals surface area (Å²) >= 11 is 1.72. The van der Waals surface area contributed by atoms with E-state index in [0.717, 1.165) is 39.1 Å². The van der Waals surface area contributed by atoms with Crippen LogP contribution >= 0.6 is 11.3 Å². The van der Waals surface area contributed by atoms with Gasteiger partial charge in [-0.05, 0) is 37.9 Å². The number of hydrogen-bond donors (Lipinski definition) is 0. The van der Waals surface area contributed by atoms with Crippen molar-refractivity contribution in [3.63, 3.8) is 0 Å². The molecule has 0 N–H and O–H groups in total. The molecule has 5 nitrogen and oxygen atoms in total. The van der Waals surface area contributed by atoms with Crippen molar-refractivity contribution in [2.75, 3.05) is 26.2 Å². The van der Waals surface area contributed by atoms with Crippen molar-refractivity contribution in [2.45, 2.75) is 25.8 Å². The second-order valence-electron chi connectivity index (χ2n) is 6.93. The molecule has 0 unspecified atom stereocenters. The van der Waals surface area contributed by atoms with Crippen molar-refractivity contribution in [1.29, 1.82) is 0 Å². The summed E-state index contributed by atoms with van der Waals surface area (Å²) in [5.41, 5.74) is 0.810. The van der Waals surface area contributed by atoms with Crippen LogP contribution in [0.25, 0.3) is 0 Å². The molecular formula is C18H22N4OS. The molecule has 0 saturated carbocycles. The Labute approximate surface area is 146 Å². The van der Waals surface area contributed by atoms with Crippen molar-refractivity contribution in [3.8, 4) is 0 Å². The van der Waals surface area contributed by atoms with Crippen LogP contribution in [0, 0.1) is 5.41 Å². The van der Waals surface area contributed by atoms with E-state index < -0.39 is 0 Å². The van der Waals surface area contributed by atoms with Crippen LogP contribution in [-0.2, 0) is 6.54 Å². The molecule has 0 radical (unpaired) electrons. The zero-order valence-electron chi connectivity index (χ0n) is 13.7. The molecule has 24 heavy (non-hydrogen) atoms. The van der Waals surface area contributed by atoms with E-state index in [0.29, 0.717) is 5.69 Å². The van der Waals surface area contributed by atoms with Gasteiger partial charge in [0.2, 0.25) is 0 Å². The monoisotopic (exact) mass is 342 g/mol. The van der Waals surface area contributed by atoms with Crippen LogP contribution in [0.2, 0.25) is 0 Å². The van der Waals surface area contributed by atoms with Crippen molar-refractivity contribution >= 4 is 17.2 Å². The number of pyridine rings is 1. The van der Waals surface area contributed by atoms with Gasteiger partial charge in [0.25, 0.3) is 5.91 Å². The van der Waals surface area contributed by atoms with E-state index in [-0.39, 0.29) is 11.3 Å². The van der Waals surface area contributed by atoms with Crippen molar-refractivity contribution < 1.29 is 4.79 Å². The Kier molecular flexibility index (Phi) is 4.33. The Morgan fingerprint density at radius 2 is 2.12 bits per heavy atom. The molecule has 2 aromatic rings. The molecule has 2 aromatic heterocycles. The Bertz CT molecular complexity index is 690. The van der Waals surface area contributed by atoms with Gasteiger partial charge in [0.15, 0.2) is 0 Å². The number of carbonyl (C=O) groups excluding carboxylic acids is 1. The van der Waals surface area contributed by atoms with Gasteiger partial charge in [0, 0.05) is 42.8 Å². The van der Waals surface area contributed by atoms with E-state index in [1.54, 1.807) is 17.5 Å². The summed E-state index contributed by atoms with van der Waals surface area (Å²) in [7, 11) is 0. The van der Waals surface area contributed by atoms with Gasteiger partial charge in [0.1, 0.15) is 10.7 Å². The van der Waals surface area contributed by atoms with Crippen molar-refractivity contribution in [2.24, 2.45) is 5.41 Å². The van der Waals surface area contributed by atoms with E-state index in [2.05, 4.69) is 14.9 Å². The standard InChI is InChI=1S/C18H22N4OS/c23-17(15-4-1-2-7-19-15)22-10-6-18(14-22)5-3-9-21(13-18)12-16-20-8-11-24-16/h1-2,4,7-8,11H,3,5-6,9-10,12-14H2/t18-/m0/s1. The molecule has 2 aliphatic heterocycles. The summed E-state index contributed by atoms with van der Waals surface area (Å²) in [5, 5.41) is 3.23. The van der Waals surface area contributed by atoms with E-state index >= 15 is 0 Å². The number of thiazole rings is 1. The van der Waals surface area contributed by atoms with Crippen LogP contribution in [0.5, 0.6) is 0 Å². The minimum atomic E-state index is 0.0736. The van der Waals surface area contributed by atoms with E-state index in [1.165, 1.54) is 17.8 Å². The quantitative estimate of drug-likeness (QED) is 0.860. The highest BCUT2D eigenvalue weighted by Gasteiger charge is 2.43. The molecule has 2 aliphatic rings. The second-order valence-corrected chi connectivity index (χ2v) is 7.91. The van der Waals surface area contributed by atoms with E-state index in [9.17, 15) is 4.79 Å². The van der Waals surface area contributed by atoms with Crippen LogP contribution in [0.1, 0.15) is 34.8 Å². The first-order valence-corrected chi connectivity index (χ1v) is 9.43. The lowest BCUT2D eigenvalue weighted by Gasteiger charge is -2.40. The Balaban J connectivity index is 1.42. The van der Waals surface area contributed by atoms with Crippen molar-refractivity contribution in [3.05, 3.63) is 46.7 Å². The zero-order valence-corrected chi connectivity index (χ0v) is 14.5. The fourth-order valence-corrected chi connectivity index (χ4v) is 4.72. The maximum Gasteiger partial charge on any atom is 0.272 e. The highest BCUT2D eigenvalue weighted by molar-refractivity contribution is 7.09. The zero-order chi connectivity index (χ0) is 16.4. The molecule has 2 fully saturated rings. The van der Waals surface area contributed by atoms with Gasteiger partial charge in [-0.3, -0.25) is 14.7 Å². The van der Waals surface area contributed by atoms with E-state index in [4.69, 9.17) is 0 Å². The third-order valence-electron chi connectivity index (χ3n) is 5.19. The molecule has 0 aromatic carbocycles. The van der Waals surface area contributed by atoms with Crippen LogP contribution < -0.4 is 0 Å². The van der Waals surface area contributed by atoms with Gasteiger partial charge >= 0.3 is 0 Å². The van der Waals surface area contributed by atoms with Gasteiger partial charge in [-0.2, -0.15) is 0 Å². The number of hydrogen-bond acceptors (Lipinski definition) is 5. The Morgan fingerprint density at radius 1 is 1.17 bits per heavy atom. The van der Waals surface area contributed by atoms with Gasteiger partial charge in [-0.15, -0.1) is 11.3 Å². The number of likely N-dealkylation sites (tertiary alicyclic amines) is 2. The first-order chi connectivity index (χ1) is 11.7. The third kappa shape index (κ3) is 3.21. The first-order valence-electron chi connectivity index (χ1n) is 8.55. The molecule has 4 heterocycles. The van der Waals surface area contributed by atoms with Crippen molar-refractivity contribution in [1.82, 2.24) is 19.8 Å². The number of piperidine rings is 1.